The molecular weight excluding hydrogens is 186 g/mol. The summed E-state index contributed by atoms with van der Waals surface area (Å²) in [5.41, 5.74) is 2.97. The number of fused-ring (bicyclic) bond motifs is 1. The molecule has 0 radical (unpaired) electrons. The lowest BCUT2D eigenvalue weighted by Gasteiger charge is -2.09. The van der Waals surface area contributed by atoms with Crippen molar-refractivity contribution >= 4 is 10.9 Å². The molecule has 1 aromatic heterocycles. The highest BCUT2D eigenvalue weighted by atomic mass is 16.3. The minimum Gasteiger partial charge on any atom is -0.392 e. The average Bonchev–Trinajstić information content (AvgIpc) is 2.27. The van der Waals surface area contributed by atoms with Gasteiger partial charge in [0, 0.05) is 11.1 Å². The minimum absolute atomic E-state index is 0.0722. The predicted molar refractivity (Wildman–Crippen MR) is 61.8 cm³/mol. The molecule has 0 fully saturated rings. The van der Waals surface area contributed by atoms with Gasteiger partial charge in [-0.05, 0) is 23.6 Å². The van der Waals surface area contributed by atoms with E-state index < -0.39 is 0 Å². The topological polar surface area (TPSA) is 33.1 Å². The molecule has 0 bridgehead atoms. The highest BCUT2D eigenvalue weighted by Crippen LogP contribution is 2.22. The van der Waals surface area contributed by atoms with Gasteiger partial charge in [-0.1, -0.05) is 32.0 Å². The van der Waals surface area contributed by atoms with Gasteiger partial charge in [-0.2, -0.15) is 0 Å². The summed E-state index contributed by atoms with van der Waals surface area (Å²) in [5, 5.41) is 10.4. The van der Waals surface area contributed by atoms with Crippen LogP contribution >= 0.6 is 0 Å². The Bertz CT molecular complexity index is 477. The molecule has 0 saturated carbocycles. The molecule has 2 aromatic rings. The first kappa shape index (κ1) is 10.1. The molecule has 0 saturated heterocycles. The Balaban J connectivity index is 2.71. The molecule has 1 heterocycles. The molecule has 15 heavy (non-hydrogen) atoms. The lowest BCUT2D eigenvalue weighted by Crippen LogP contribution is -1.97. The summed E-state index contributed by atoms with van der Waals surface area (Å²) in [6.07, 6.45) is 0. The highest BCUT2D eigenvalue weighted by molar-refractivity contribution is 5.82. The lowest BCUT2D eigenvalue weighted by molar-refractivity contribution is 0.283. The number of para-hydroxylation sites is 1. The first-order valence-corrected chi connectivity index (χ1v) is 5.22. The molecule has 0 aliphatic heterocycles. The van der Waals surface area contributed by atoms with Crippen LogP contribution in [0.25, 0.3) is 10.9 Å². The zero-order chi connectivity index (χ0) is 10.8. The Morgan fingerprint density at radius 1 is 1.27 bits per heavy atom. The third-order valence-corrected chi connectivity index (χ3v) is 2.58. The highest BCUT2D eigenvalue weighted by Gasteiger charge is 2.06. The zero-order valence-corrected chi connectivity index (χ0v) is 9.07. The van der Waals surface area contributed by atoms with Crippen LogP contribution in [0.1, 0.15) is 31.0 Å². The van der Waals surface area contributed by atoms with Gasteiger partial charge in [0.15, 0.2) is 0 Å². The summed E-state index contributed by atoms with van der Waals surface area (Å²) in [7, 11) is 0. The molecule has 0 spiro atoms. The Morgan fingerprint density at radius 2 is 2.00 bits per heavy atom. The molecule has 0 unspecified atom stereocenters. The number of nitrogens with zero attached hydrogens (tertiary/aromatic N) is 1. The number of aliphatic hydroxyl groups excluding tert-OH is 1. The second kappa shape index (κ2) is 3.99. The molecule has 0 atom stereocenters. The van der Waals surface area contributed by atoms with Gasteiger partial charge in [-0.3, -0.25) is 4.98 Å². The maximum absolute atomic E-state index is 9.31. The maximum Gasteiger partial charge on any atom is 0.0709 e. The zero-order valence-electron chi connectivity index (χ0n) is 9.07. The molecule has 1 aromatic carbocycles. The Morgan fingerprint density at radius 3 is 2.67 bits per heavy atom. The molecule has 0 aliphatic carbocycles. The van der Waals surface area contributed by atoms with E-state index in [4.69, 9.17) is 0 Å². The Kier molecular flexibility index (Phi) is 2.69. The molecule has 2 nitrogen and oxygen atoms in total. The summed E-state index contributed by atoms with van der Waals surface area (Å²) in [6.45, 7) is 4.29. The fourth-order valence-corrected chi connectivity index (χ4v) is 1.70. The van der Waals surface area contributed by atoms with Crippen molar-refractivity contribution in [1.82, 2.24) is 4.98 Å². The van der Waals surface area contributed by atoms with Crippen LogP contribution in [0.5, 0.6) is 0 Å². The fraction of sp³-hybridized carbons (Fsp3) is 0.308. The quantitative estimate of drug-likeness (QED) is 0.810. The Labute approximate surface area is 89.6 Å². The summed E-state index contributed by atoms with van der Waals surface area (Å²) >= 11 is 0. The predicted octanol–water partition coefficient (Wildman–Crippen LogP) is 2.85. The smallest absolute Gasteiger partial charge is 0.0709 e. The van der Waals surface area contributed by atoms with Crippen LogP contribution in [0.15, 0.2) is 30.3 Å². The van der Waals surface area contributed by atoms with Crippen LogP contribution in [0.2, 0.25) is 0 Å². The van der Waals surface area contributed by atoms with Gasteiger partial charge in [0.05, 0.1) is 12.1 Å². The molecule has 1 N–H and O–H groups in total. The molecule has 2 heteroatoms. The SMILES string of the molecule is CC(C)c1cc(CO)c2ccccc2n1. The first-order valence-electron chi connectivity index (χ1n) is 5.22. The number of aliphatic hydroxyl groups is 1. The van der Waals surface area contributed by atoms with Gasteiger partial charge in [-0.15, -0.1) is 0 Å². The van der Waals surface area contributed by atoms with Crippen LogP contribution in [-0.4, -0.2) is 10.1 Å². The summed E-state index contributed by atoms with van der Waals surface area (Å²) in [5.74, 6) is 0.389. The monoisotopic (exact) mass is 201 g/mol. The summed E-state index contributed by atoms with van der Waals surface area (Å²) < 4.78 is 0. The van der Waals surface area contributed by atoms with E-state index in [9.17, 15) is 5.11 Å². The maximum atomic E-state index is 9.31. The van der Waals surface area contributed by atoms with Gasteiger partial charge in [0.1, 0.15) is 0 Å². The van der Waals surface area contributed by atoms with E-state index in [0.717, 1.165) is 22.2 Å². The van der Waals surface area contributed by atoms with E-state index >= 15 is 0 Å². The van der Waals surface area contributed by atoms with Crippen molar-refractivity contribution in [2.24, 2.45) is 0 Å². The number of aromatic nitrogens is 1. The van der Waals surface area contributed by atoms with E-state index in [1.54, 1.807) is 0 Å². The molecular formula is C13H15NO. The van der Waals surface area contributed by atoms with Gasteiger partial charge in [0.2, 0.25) is 0 Å². The van der Waals surface area contributed by atoms with Gasteiger partial charge in [0.25, 0.3) is 0 Å². The van der Waals surface area contributed by atoms with Gasteiger partial charge in [-0.25, -0.2) is 0 Å². The third-order valence-electron chi connectivity index (χ3n) is 2.58. The molecule has 0 amide bonds. The van der Waals surface area contributed by atoms with Crippen molar-refractivity contribution in [3.05, 3.63) is 41.6 Å². The fourth-order valence-electron chi connectivity index (χ4n) is 1.70. The van der Waals surface area contributed by atoms with Crippen LogP contribution in [0, 0.1) is 0 Å². The van der Waals surface area contributed by atoms with Crippen molar-refractivity contribution in [2.75, 3.05) is 0 Å². The van der Waals surface area contributed by atoms with Crippen LogP contribution in [0.4, 0.5) is 0 Å². The molecule has 78 valence electrons. The second-order valence-corrected chi connectivity index (χ2v) is 4.04. The van der Waals surface area contributed by atoms with Gasteiger partial charge >= 0.3 is 0 Å². The standard InChI is InChI=1S/C13H15NO/c1-9(2)13-7-10(8-15)11-5-3-4-6-12(11)14-13/h3-7,9,15H,8H2,1-2H3. The van der Waals surface area contributed by atoms with E-state index in [0.29, 0.717) is 5.92 Å². The number of benzene rings is 1. The van der Waals surface area contributed by atoms with Crippen molar-refractivity contribution in [3.8, 4) is 0 Å². The van der Waals surface area contributed by atoms with E-state index in [1.807, 2.05) is 30.3 Å². The molecule has 0 aliphatic rings. The van der Waals surface area contributed by atoms with E-state index in [2.05, 4.69) is 18.8 Å². The number of rotatable bonds is 2. The third kappa shape index (κ3) is 1.85. The van der Waals surface area contributed by atoms with Crippen molar-refractivity contribution in [1.29, 1.82) is 0 Å². The summed E-state index contributed by atoms with van der Waals surface area (Å²) in [4.78, 5) is 4.57. The van der Waals surface area contributed by atoms with Crippen LogP contribution in [-0.2, 0) is 6.61 Å². The normalized spacial score (nSPS) is 11.2. The summed E-state index contributed by atoms with van der Waals surface area (Å²) in [6, 6.07) is 9.92. The Hall–Kier alpha value is -1.41. The number of hydrogen-bond donors (Lipinski definition) is 1. The van der Waals surface area contributed by atoms with Crippen molar-refractivity contribution in [2.45, 2.75) is 26.4 Å². The largest absolute Gasteiger partial charge is 0.392 e. The number of hydrogen-bond acceptors (Lipinski definition) is 2. The average molecular weight is 201 g/mol. The first-order chi connectivity index (χ1) is 7.22. The number of pyridine rings is 1. The van der Waals surface area contributed by atoms with E-state index in [-0.39, 0.29) is 6.61 Å². The molecule has 2 rings (SSSR count). The van der Waals surface area contributed by atoms with Crippen LogP contribution in [0.3, 0.4) is 0 Å². The van der Waals surface area contributed by atoms with E-state index in [1.165, 1.54) is 0 Å². The van der Waals surface area contributed by atoms with Gasteiger partial charge < -0.3 is 5.11 Å². The van der Waals surface area contributed by atoms with Crippen molar-refractivity contribution < 1.29 is 5.11 Å². The lowest BCUT2D eigenvalue weighted by atomic mass is 10.0. The van der Waals surface area contributed by atoms with Crippen LogP contribution < -0.4 is 0 Å². The minimum atomic E-state index is 0.0722. The second-order valence-electron chi connectivity index (χ2n) is 4.04. The van der Waals surface area contributed by atoms with Crippen molar-refractivity contribution in [3.63, 3.8) is 0 Å².